The van der Waals surface area contributed by atoms with Crippen molar-refractivity contribution in [3.05, 3.63) is 54.0 Å². The molecule has 0 radical (unpaired) electrons. The molecule has 3 nitrogen and oxygen atoms in total. The van der Waals surface area contributed by atoms with Crippen LogP contribution in [0.3, 0.4) is 0 Å². The minimum Gasteiger partial charge on any atom is -0.278 e. The Labute approximate surface area is 137 Å². The average Bonchev–Trinajstić information content (AvgIpc) is 2.96. The van der Waals surface area contributed by atoms with Crippen LogP contribution in [0.5, 0.6) is 0 Å². The third kappa shape index (κ3) is 3.92. The Kier molecular flexibility index (Phi) is 4.18. The summed E-state index contributed by atoms with van der Waals surface area (Å²) in [6.45, 7) is 0. The quantitative estimate of drug-likeness (QED) is 0.622. The molecule has 0 aliphatic heterocycles. The number of hydrogen-bond donors (Lipinski definition) is 0. The lowest BCUT2D eigenvalue weighted by Crippen LogP contribution is -2.10. The molecule has 3 aromatic rings. The van der Waals surface area contributed by atoms with E-state index in [1.54, 1.807) is 18.2 Å². The minimum atomic E-state index is -4.64. The van der Waals surface area contributed by atoms with Crippen molar-refractivity contribution in [2.45, 2.75) is 25.2 Å². The fourth-order valence-corrected chi connectivity index (χ4v) is 2.40. The molecule has 3 rings (SSSR count). The van der Waals surface area contributed by atoms with E-state index in [0.717, 1.165) is 4.40 Å². The van der Waals surface area contributed by atoms with Crippen molar-refractivity contribution >= 4 is 5.65 Å². The van der Waals surface area contributed by atoms with Gasteiger partial charge in [-0.3, -0.25) is 4.40 Å². The van der Waals surface area contributed by atoms with Crippen LogP contribution in [0.1, 0.15) is 17.8 Å². The molecule has 0 saturated heterocycles. The first-order valence-electron chi connectivity index (χ1n) is 7.21. The zero-order chi connectivity index (χ0) is 18.2. The van der Waals surface area contributed by atoms with Crippen molar-refractivity contribution < 1.29 is 26.3 Å². The van der Waals surface area contributed by atoms with E-state index >= 15 is 0 Å². The molecule has 132 valence electrons. The summed E-state index contributed by atoms with van der Waals surface area (Å²) in [5, 5.41) is 6.61. The molecule has 0 fully saturated rings. The third-order valence-electron chi connectivity index (χ3n) is 3.64. The molecule has 9 heteroatoms. The van der Waals surface area contributed by atoms with Crippen molar-refractivity contribution in [1.82, 2.24) is 14.6 Å². The van der Waals surface area contributed by atoms with Crippen LogP contribution in [0, 0.1) is 0 Å². The molecule has 0 aliphatic carbocycles. The van der Waals surface area contributed by atoms with E-state index in [2.05, 4.69) is 10.2 Å². The van der Waals surface area contributed by atoms with Gasteiger partial charge in [-0.15, -0.1) is 10.2 Å². The second-order valence-corrected chi connectivity index (χ2v) is 5.48. The van der Waals surface area contributed by atoms with Gasteiger partial charge in [0.15, 0.2) is 5.65 Å². The molecule has 0 N–H and O–H groups in total. The van der Waals surface area contributed by atoms with Crippen LogP contribution in [0.2, 0.25) is 0 Å². The van der Waals surface area contributed by atoms with Gasteiger partial charge in [0.05, 0.1) is 0 Å². The highest BCUT2D eigenvalue weighted by molar-refractivity contribution is 5.65. The van der Waals surface area contributed by atoms with E-state index in [0.29, 0.717) is 16.7 Å². The van der Waals surface area contributed by atoms with Crippen molar-refractivity contribution in [3.63, 3.8) is 0 Å². The molecule has 0 bridgehead atoms. The van der Waals surface area contributed by atoms with Crippen LogP contribution in [-0.2, 0) is 12.6 Å². The molecule has 0 atom stereocenters. The zero-order valence-electron chi connectivity index (χ0n) is 12.6. The summed E-state index contributed by atoms with van der Waals surface area (Å²) in [6, 6.07) is 9.18. The van der Waals surface area contributed by atoms with Crippen molar-refractivity contribution in [2.24, 2.45) is 0 Å². The van der Waals surface area contributed by atoms with Crippen molar-refractivity contribution in [3.8, 4) is 11.1 Å². The predicted molar refractivity (Wildman–Crippen MR) is 77.8 cm³/mol. The van der Waals surface area contributed by atoms with E-state index in [1.807, 2.05) is 0 Å². The fraction of sp³-hybridized carbons (Fsp3) is 0.250. The van der Waals surface area contributed by atoms with Gasteiger partial charge in [-0.25, -0.2) is 0 Å². The highest BCUT2D eigenvalue weighted by Gasteiger charge is 2.36. The summed E-state index contributed by atoms with van der Waals surface area (Å²) in [6.07, 6.45) is -8.69. The van der Waals surface area contributed by atoms with Gasteiger partial charge in [-0.2, -0.15) is 26.3 Å². The number of fused-ring (bicyclic) bond motifs is 1. The summed E-state index contributed by atoms with van der Waals surface area (Å²) < 4.78 is 76.2. The Hall–Kier alpha value is -2.58. The van der Waals surface area contributed by atoms with Gasteiger partial charge < -0.3 is 0 Å². The summed E-state index contributed by atoms with van der Waals surface area (Å²) >= 11 is 0. The molecule has 0 saturated carbocycles. The molecule has 25 heavy (non-hydrogen) atoms. The minimum absolute atomic E-state index is 0.0536. The second kappa shape index (κ2) is 6.05. The van der Waals surface area contributed by atoms with Gasteiger partial charge in [-0.1, -0.05) is 24.3 Å². The van der Waals surface area contributed by atoms with Crippen LogP contribution in [-0.4, -0.2) is 20.8 Å². The van der Waals surface area contributed by atoms with Crippen LogP contribution in [0.4, 0.5) is 26.3 Å². The van der Waals surface area contributed by atoms with Gasteiger partial charge in [0, 0.05) is 12.6 Å². The molecular weight excluding hydrogens is 348 g/mol. The van der Waals surface area contributed by atoms with E-state index in [9.17, 15) is 26.3 Å². The number of halogens is 6. The van der Waals surface area contributed by atoms with Crippen LogP contribution in [0.15, 0.2) is 42.6 Å². The normalized spacial score (nSPS) is 12.7. The molecule has 1 aromatic carbocycles. The van der Waals surface area contributed by atoms with Crippen molar-refractivity contribution in [2.75, 3.05) is 0 Å². The molecular formula is C16H11F6N3. The van der Waals surface area contributed by atoms with E-state index in [-0.39, 0.29) is 12.1 Å². The van der Waals surface area contributed by atoms with E-state index in [4.69, 9.17) is 0 Å². The highest BCUT2D eigenvalue weighted by Crippen LogP contribution is 2.29. The second-order valence-electron chi connectivity index (χ2n) is 5.48. The molecule has 0 unspecified atom stereocenters. The molecule has 0 spiro atoms. The van der Waals surface area contributed by atoms with Crippen LogP contribution >= 0.6 is 0 Å². The molecule has 0 amide bonds. The number of benzene rings is 1. The number of hydrogen-bond acceptors (Lipinski definition) is 2. The summed E-state index contributed by atoms with van der Waals surface area (Å²) in [5.74, 6) is -1.13. The van der Waals surface area contributed by atoms with Crippen LogP contribution in [0.25, 0.3) is 16.8 Å². The highest BCUT2D eigenvalue weighted by atomic mass is 19.4. The SMILES string of the molecule is FC(F)(F)CCc1ccc(-c2ccc3nnc(C(F)(F)F)n3c2)cc1. The fourth-order valence-electron chi connectivity index (χ4n) is 2.40. The van der Waals surface area contributed by atoms with Gasteiger partial charge >= 0.3 is 12.4 Å². The number of aryl methyl sites for hydroxylation is 1. The third-order valence-corrected chi connectivity index (χ3v) is 3.64. The molecule has 2 aromatic heterocycles. The Balaban J connectivity index is 1.89. The Bertz CT molecular complexity index is 878. The Morgan fingerprint density at radius 2 is 1.44 bits per heavy atom. The van der Waals surface area contributed by atoms with E-state index in [1.165, 1.54) is 24.4 Å². The van der Waals surface area contributed by atoms with Gasteiger partial charge in [-0.05, 0) is 35.2 Å². The first kappa shape index (κ1) is 17.2. The summed E-state index contributed by atoms with van der Waals surface area (Å²) in [7, 11) is 0. The number of pyridine rings is 1. The van der Waals surface area contributed by atoms with E-state index < -0.39 is 24.6 Å². The standard InChI is InChI=1S/C16H11F6N3/c17-15(18,19)8-7-10-1-3-11(4-2-10)12-5-6-13-23-24-14(16(20,21)22)25(13)9-12/h1-6,9H,7-8H2. The Morgan fingerprint density at radius 1 is 0.800 bits per heavy atom. The first-order chi connectivity index (χ1) is 11.6. The number of aromatic nitrogens is 3. The maximum absolute atomic E-state index is 12.9. The smallest absolute Gasteiger partial charge is 0.278 e. The van der Waals surface area contributed by atoms with Gasteiger partial charge in [0.2, 0.25) is 5.82 Å². The lowest BCUT2D eigenvalue weighted by molar-refractivity contribution is -0.145. The average molecular weight is 359 g/mol. The first-order valence-corrected chi connectivity index (χ1v) is 7.21. The van der Waals surface area contributed by atoms with Gasteiger partial charge in [0.25, 0.3) is 0 Å². The lowest BCUT2D eigenvalue weighted by atomic mass is 10.0. The maximum Gasteiger partial charge on any atom is 0.452 e. The topological polar surface area (TPSA) is 30.2 Å². The predicted octanol–water partition coefficient (Wildman–Crippen LogP) is 4.91. The van der Waals surface area contributed by atoms with Crippen LogP contribution < -0.4 is 0 Å². The molecule has 2 heterocycles. The molecule has 0 aliphatic rings. The summed E-state index contributed by atoms with van der Waals surface area (Å²) in [5.41, 5.74) is 1.61. The zero-order valence-corrected chi connectivity index (χ0v) is 12.6. The maximum atomic E-state index is 12.9. The lowest BCUT2D eigenvalue weighted by Gasteiger charge is -2.08. The number of alkyl halides is 6. The Morgan fingerprint density at radius 3 is 2.04 bits per heavy atom. The summed E-state index contributed by atoms with van der Waals surface area (Å²) in [4.78, 5) is 0. The number of rotatable bonds is 3. The monoisotopic (exact) mass is 359 g/mol. The van der Waals surface area contributed by atoms with Gasteiger partial charge in [0.1, 0.15) is 0 Å². The van der Waals surface area contributed by atoms with Crippen molar-refractivity contribution in [1.29, 1.82) is 0 Å². The number of nitrogens with zero attached hydrogens (tertiary/aromatic N) is 3. The largest absolute Gasteiger partial charge is 0.452 e.